The highest BCUT2D eigenvalue weighted by Crippen LogP contribution is 2.32. The summed E-state index contributed by atoms with van der Waals surface area (Å²) in [6.45, 7) is 3.99. The van der Waals surface area contributed by atoms with E-state index in [9.17, 15) is 0 Å². The summed E-state index contributed by atoms with van der Waals surface area (Å²) in [7, 11) is 1.57. The number of hydrogen-bond donors (Lipinski definition) is 2. The number of oxime groups is 1. The van der Waals surface area contributed by atoms with Gasteiger partial charge in [-0.25, -0.2) is 0 Å². The Hall–Kier alpha value is -2.69. The van der Waals surface area contributed by atoms with Crippen LogP contribution in [0.15, 0.2) is 41.6 Å². The average molecular weight is 286 g/mol. The van der Waals surface area contributed by atoms with E-state index in [0.29, 0.717) is 17.1 Å². The van der Waals surface area contributed by atoms with Gasteiger partial charge in [0, 0.05) is 6.07 Å². The molecule has 0 aliphatic rings. The predicted octanol–water partition coefficient (Wildman–Crippen LogP) is 3.20. The third-order valence-electron chi connectivity index (χ3n) is 3.35. The SMILES string of the molecule is COc1ccc(/C(N)=N/O)c(Oc2cccc(C)c2C)c1. The largest absolute Gasteiger partial charge is 0.497 e. The van der Waals surface area contributed by atoms with Gasteiger partial charge >= 0.3 is 0 Å². The monoisotopic (exact) mass is 286 g/mol. The van der Waals surface area contributed by atoms with Crippen LogP contribution in [0.4, 0.5) is 0 Å². The van der Waals surface area contributed by atoms with Crippen molar-refractivity contribution in [1.29, 1.82) is 0 Å². The fourth-order valence-electron chi connectivity index (χ4n) is 1.93. The first-order valence-corrected chi connectivity index (χ1v) is 6.46. The molecule has 0 bridgehead atoms. The van der Waals surface area contributed by atoms with Crippen LogP contribution in [0.2, 0.25) is 0 Å². The number of amidine groups is 1. The van der Waals surface area contributed by atoms with Crippen molar-refractivity contribution in [1.82, 2.24) is 0 Å². The van der Waals surface area contributed by atoms with Gasteiger partial charge in [0.15, 0.2) is 5.84 Å². The van der Waals surface area contributed by atoms with E-state index in [1.165, 1.54) is 0 Å². The minimum absolute atomic E-state index is 0.0158. The third-order valence-corrected chi connectivity index (χ3v) is 3.35. The molecule has 5 heteroatoms. The molecule has 0 unspecified atom stereocenters. The maximum atomic E-state index is 8.88. The molecule has 0 radical (unpaired) electrons. The summed E-state index contributed by atoms with van der Waals surface area (Å²) in [5.74, 6) is 1.80. The Kier molecular flexibility index (Phi) is 4.33. The van der Waals surface area contributed by atoms with Crippen LogP contribution in [0.3, 0.4) is 0 Å². The van der Waals surface area contributed by atoms with Crippen molar-refractivity contribution < 1.29 is 14.7 Å². The molecule has 5 nitrogen and oxygen atoms in total. The Labute approximate surface area is 123 Å². The smallest absolute Gasteiger partial charge is 0.173 e. The molecule has 0 saturated heterocycles. The molecule has 0 atom stereocenters. The van der Waals surface area contributed by atoms with Crippen molar-refractivity contribution in [3.63, 3.8) is 0 Å². The van der Waals surface area contributed by atoms with Gasteiger partial charge in [0.1, 0.15) is 17.2 Å². The average Bonchev–Trinajstić information content (AvgIpc) is 2.51. The number of benzene rings is 2. The summed E-state index contributed by atoms with van der Waals surface area (Å²) in [5.41, 5.74) is 8.35. The molecule has 110 valence electrons. The van der Waals surface area contributed by atoms with Crippen molar-refractivity contribution >= 4 is 5.84 Å². The highest BCUT2D eigenvalue weighted by molar-refractivity contribution is 5.99. The molecule has 0 spiro atoms. The number of methoxy groups -OCH3 is 1. The first kappa shape index (κ1) is 14.7. The van der Waals surface area contributed by atoms with Crippen molar-refractivity contribution in [3.8, 4) is 17.2 Å². The van der Waals surface area contributed by atoms with Gasteiger partial charge in [0.2, 0.25) is 0 Å². The topological polar surface area (TPSA) is 77.1 Å². The normalized spacial score (nSPS) is 11.3. The molecule has 0 heterocycles. The molecule has 0 amide bonds. The molecule has 3 N–H and O–H groups in total. The lowest BCUT2D eigenvalue weighted by Gasteiger charge is -2.14. The standard InChI is InChI=1S/C16H18N2O3/c1-10-5-4-6-14(11(10)2)21-15-9-12(20-3)7-8-13(15)16(17)18-19/h4-9,19H,1-3H3,(H2,17,18). The van der Waals surface area contributed by atoms with E-state index >= 15 is 0 Å². The zero-order valence-electron chi connectivity index (χ0n) is 12.3. The number of hydrogen-bond acceptors (Lipinski definition) is 4. The molecule has 0 fully saturated rings. The zero-order chi connectivity index (χ0) is 15.4. The minimum Gasteiger partial charge on any atom is -0.497 e. The van der Waals surface area contributed by atoms with Crippen LogP contribution in [0.25, 0.3) is 0 Å². The molecule has 0 aromatic heterocycles. The summed E-state index contributed by atoms with van der Waals surface area (Å²) in [4.78, 5) is 0. The van der Waals surface area contributed by atoms with Gasteiger partial charge < -0.3 is 20.4 Å². The van der Waals surface area contributed by atoms with Gasteiger partial charge in [0.05, 0.1) is 12.7 Å². The second-order valence-electron chi connectivity index (χ2n) is 4.65. The Balaban J connectivity index is 2.48. The molecule has 2 aromatic carbocycles. The van der Waals surface area contributed by atoms with Gasteiger partial charge in [-0.05, 0) is 43.2 Å². The fraction of sp³-hybridized carbons (Fsp3) is 0.188. The van der Waals surface area contributed by atoms with Crippen LogP contribution >= 0.6 is 0 Å². The zero-order valence-corrected chi connectivity index (χ0v) is 12.3. The highest BCUT2D eigenvalue weighted by atomic mass is 16.5. The van der Waals surface area contributed by atoms with Crippen LogP contribution in [0.5, 0.6) is 17.2 Å². The lowest BCUT2D eigenvalue weighted by molar-refractivity contribution is 0.318. The summed E-state index contributed by atoms with van der Waals surface area (Å²) in [6.07, 6.45) is 0. The van der Waals surface area contributed by atoms with E-state index in [2.05, 4.69) is 5.16 Å². The summed E-state index contributed by atoms with van der Waals surface area (Å²) in [6, 6.07) is 10.9. The Morgan fingerprint density at radius 1 is 1.14 bits per heavy atom. The van der Waals surface area contributed by atoms with E-state index in [1.807, 2.05) is 32.0 Å². The Bertz CT molecular complexity index is 681. The number of nitrogens with zero attached hydrogens (tertiary/aromatic N) is 1. The first-order valence-electron chi connectivity index (χ1n) is 6.46. The molecular weight excluding hydrogens is 268 g/mol. The summed E-state index contributed by atoms with van der Waals surface area (Å²) < 4.78 is 11.1. The molecule has 2 aromatic rings. The van der Waals surface area contributed by atoms with Crippen LogP contribution in [0.1, 0.15) is 16.7 Å². The van der Waals surface area contributed by atoms with E-state index in [1.54, 1.807) is 25.3 Å². The maximum absolute atomic E-state index is 8.88. The fourth-order valence-corrected chi connectivity index (χ4v) is 1.93. The second kappa shape index (κ2) is 6.17. The Morgan fingerprint density at radius 3 is 2.57 bits per heavy atom. The van der Waals surface area contributed by atoms with Crippen LogP contribution < -0.4 is 15.2 Å². The van der Waals surface area contributed by atoms with Crippen molar-refractivity contribution in [2.24, 2.45) is 10.9 Å². The van der Waals surface area contributed by atoms with Crippen LogP contribution in [-0.2, 0) is 0 Å². The summed E-state index contributed by atoms with van der Waals surface area (Å²) >= 11 is 0. The number of rotatable bonds is 4. The molecule has 2 rings (SSSR count). The lowest BCUT2D eigenvalue weighted by Crippen LogP contribution is -2.14. The number of aryl methyl sites for hydroxylation is 1. The predicted molar refractivity (Wildman–Crippen MR) is 81.5 cm³/mol. The van der Waals surface area contributed by atoms with Crippen LogP contribution in [0, 0.1) is 13.8 Å². The summed E-state index contributed by atoms with van der Waals surface area (Å²) in [5, 5.41) is 11.9. The van der Waals surface area contributed by atoms with Gasteiger partial charge in [-0.2, -0.15) is 0 Å². The van der Waals surface area contributed by atoms with Crippen molar-refractivity contribution in [2.75, 3.05) is 7.11 Å². The van der Waals surface area contributed by atoms with Crippen molar-refractivity contribution in [3.05, 3.63) is 53.1 Å². The molecule has 0 aliphatic heterocycles. The number of nitrogens with two attached hydrogens (primary N) is 1. The molecule has 21 heavy (non-hydrogen) atoms. The minimum atomic E-state index is -0.0158. The Morgan fingerprint density at radius 2 is 1.90 bits per heavy atom. The van der Waals surface area contributed by atoms with E-state index in [0.717, 1.165) is 16.9 Å². The second-order valence-corrected chi connectivity index (χ2v) is 4.65. The van der Waals surface area contributed by atoms with Crippen molar-refractivity contribution in [2.45, 2.75) is 13.8 Å². The highest BCUT2D eigenvalue weighted by Gasteiger charge is 2.12. The molecule has 0 aliphatic carbocycles. The third kappa shape index (κ3) is 3.08. The number of ether oxygens (including phenoxy) is 2. The van der Waals surface area contributed by atoms with Gasteiger partial charge in [-0.1, -0.05) is 17.3 Å². The quantitative estimate of drug-likeness (QED) is 0.391. The van der Waals surface area contributed by atoms with Crippen LogP contribution in [-0.4, -0.2) is 18.2 Å². The van der Waals surface area contributed by atoms with E-state index < -0.39 is 0 Å². The molecular formula is C16H18N2O3. The van der Waals surface area contributed by atoms with Gasteiger partial charge in [0.25, 0.3) is 0 Å². The lowest BCUT2D eigenvalue weighted by atomic mass is 10.1. The van der Waals surface area contributed by atoms with E-state index in [4.69, 9.17) is 20.4 Å². The molecule has 0 saturated carbocycles. The van der Waals surface area contributed by atoms with Gasteiger partial charge in [-0.15, -0.1) is 0 Å². The van der Waals surface area contributed by atoms with Gasteiger partial charge in [-0.3, -0.25) is 0 Å². The maximum Gasteiger partial charge on any atom is 0.173 e. The first-order chi connectivity index (χ1) is 10.1. The van der Waals surface area contributed by atoms with E-state index in [-0.39, 0.29) is 5.84 Å².